The molecule has 3 aliphatic rings. The summed E-state index contributed by atoms with van der Waals surface area (Å²) in [6, 6.07) is 20.9. The summed E-state index contributed by atoms with van der Waals surface area (Å²) in [5.41, 5.74) is 1.80. The largest absolute Gasteiger partial charge is 1.00 e. The van der Waals surface area contributed by atoms with Gasteiger partial charge in [-0.25, -0.2) is 9.28 Å². The van der Waals surface area contributed by atoms with Crippen LogP contribution in [-0.2, 0) is 9.53 Å². The molecule has 0 unspecified atom stereocenters. The second kappa shape index (κ2) is 9.89. The van der Waals surface area contributed by atoms with E-state index in [1.807, 2.05) is 60.7 Å². The van der Waals surface area contributed by atoms with E-state index in [9.17, 15) is 9.59 Å². The molecule has 172 valence electrons. The summed E-state index contributed by atoms with van der Waals surface area (Å²) < 4.78 is 11.2. The van der Waals surface area contributed by atoms with Crippen LogP contribution in [-0.4, -0.2) is 47.4 Å². The number of aromatic nitrogens is 1. The molecule has 3 aromatic rings. The van der Waals surface area contributed by atoms with Crippen molar-refractivity contribution < 1.29 is 40.3 Å². The molecular weight excluding hydrogens is 486 g/mol. The summed E-state index contributed by atoms with van der Waals surface area (Å²) in [7, 11) is 0. The van der Waals surface area contributed by atoms with Gasteiger partial charge in [-0.05, 0) is 11.1 Å². The number of benzene rings is 2. The number of halogens is 1. The van der Waals surface area contributed by atoms with Gasteiger partial charge in [-0.1, -0.05) is 65.8 Å². The van der Waals surface area contributed by atoms with Crippen LogP contribution in [0.15, 0.2) is 77.5 Å². The zero-order valence-electron chi connectivity index (χ0n) is 18.1. The van der Waals surface area contributed by atoms with Crippen LogP contribution in [0.4, 0.5) is 10.6 Å². The third-order valence-corrected chi connectivity index (χ3v) is 6.78. The normalized spacial score (nSPS) is 23.5. The van der Waals surface area contributed by atoms with Crippen molar-refractivity contribution in [3.05, 3.63) is 84.1 Å². The maximum absolute atomic E-state index is 13.5. The molecule has 3 saturated heterocycles. The Kier molecular flexibility index (Phi) is 6.95. The van der Waals surface area contributed by atoms with Gasteiger partial charge in [-0.2, -0.15) is 0 Å². The third kappa shape index (κ3) is 4.72. The predicted octanol–water partition coefficient (Wildman–Crippen LogP) is 1.19. The van der Waals surface area contributed by atoms with Crippen molar-refractivity contribution in [3.8, 4) is 0 Å². The highest BCUT2D eigenvalue weighted by atomic mass is 79.9. The molecular formula is C25H26BrN3O4. The number of ether oxygens (including phenoxy) is 1. The number of anilines is 1. The monoisotopic (exact) mass is 511 g/mol. The molecule has 2 amide bonds. The van der Waals surface area contributed by atoms with E-state index in [0.29, 0.717) is 12.4 Å². The quantitative estimate of drug-likeness (QED) is 0.411. The number of esters is 1. The number of quaternary nitrogens is 1. The topological polar surface area (TPSA) is 81.4 Å². The smallest absolute Gasteiger partial charge is 0.422 e. The standard InChI is InChI=1S/C25H25N3O4.BrH/c29-24(23(19-7-3-1-4-8-19)20-9-5-2-6-10-20)32-21-17-28(14-11-18(21)12-15-28)25(30)26-22-13-16-31-27-22;/h1-10,13,16,18,21,23H,11-12,14-15,17H2;1H/t18?,21-,28?;/m0./s1. The summed E-state index contributed by atoms with van der Waals surface area (Å²) in [5.74, 6) is -0.0792. The Morgan fingerprint density at radius 1 is 0.970 bits per heavy atom. The first-order chi connectivity index (χ1) is 15.6. The summed E-state index contributed by atoms with van der Waals surface area (Å²) in [5, 5.41) is 6.63. The Bertz CT molecular complexity index is 1030. The number of nitrogens with one attached hydrogen (secondary N) is 1. The zero-order chi connectivity index (χ0) is 22.0. The van der Waals surface area contributed by atoms with Crippen LogP contribution in [0.2, 0.25) is 0 Å². The van der Waals surface area contributed by atoms with Crippen molar-refractivity contribution >= 4 is 17.8 Å². The van der Waals surface area contributed by atoms with Crippen LogP contribution in [0.3, 0.4) is 0 Å². The first-order valence-corrected chi connectivity index (χ1v) is 11.0. The van der Waals surface area contributed by atoms with E-state index in [1.165, 1.54) is 6.26 Å². The van der Waals surface area contributed by atoms with E-state index >= 15 is 0 Å². The first kappa shape index (κ1) is 23.2. The molecule has 3 fully saturated rings. The molecule has 2 bridgehead atoms. The minimum atomic E-state index is -0.495. The highest BCUT2D eigenvalue weighted by Gasteiger charge is 2.52. The lowest BCUT2D eigenvalue weighted by Crippen LogP contribution is -3.00. The van der Waals surface area contributed by atoms with Crippen molar-refractivity contribution in [3.63, 3.8) is 0 Å². The molecule has 1 aromatic heterocycles. The summed E-state index contributed by atoms with van der Waals surface area (Å²) >= 11 is 0. The lowest BCUT2D eigenvalue weighted by atomic mass is 9.83. The molecule has 0 saturated carbocycles. The molecule has 1 atom stereocenters. The number of hydrogen-bond donors (Lipinski definition) is 1. The zero-order valence-corrected chi connectivity index (χ0v) is 19.7. The van der Waals surface area contributed by atoms with Crippen molar-refractivity contribution in [2.24, 2.45) is 5.92 Å². The van der Waals surface area contributed by atoms with Gasteiger partial charge in [0.25, 0.3) is 0 Å². The van der Waals surface area contributed by atoms with Gasteiger partial charge < -0.3 is 26.2 Å². The van der Waals surface area contributed by atoms with Crippen LogP contribution >= 0.6 is 0 Å². The molecule has 33 heavy (non-hydrogen) atoms. The molecule has 6 rings (SSSR count). The van der Waals surface area contributed by atoms with Crippen LogP contribution < -0.4 is 22.3 Å². The van der Waals surface area contributed by atoms with E-state index in [1.54, 1.807) is 6.07 Å². The molecule has 0 aliphatic carbocycles. The van der Waals surface area contributed by atoms with Gasteiger partial charge in [0.05, 0.1) is 13.1 Å². The minimum Gasteiger partial charge on any atom is -1.00 e. The average molecular weight is 512 g/mol. The number of carbonyl (C=O) groups excluding carboxylic acids is 2. The number of fused-ring (bicyclic) bond motifs is 3. The van der Waals surface area contributed by atoms with Crippen molar-refractivity contribution in [2.45, 2.75) is 24.9 Å². The molecule has 4 heterocycles. The van der Waals surface area contributed by atoms with E-state index in [2.05, 4.69) is 10.5 Å². The Labute approximate surface area is 203 Å². The Morgan fingerprint density at radius 2 is 1.58 bits per heavy atom. The molecule has 3 aliphatic heterocycles. The van der Waals surface area contributed by atoms with Crippen LogP contribution in [0, 0.1) is 5.92 Å². The molecule has 0 spiro atoms. The second-order valence-corrected chi connectivity index (χ2v) is 8.66. The number of rotatable bonds is 5. The number of amides is 2. The molecule has 0 radical (unpaired) electrons. The number of carbonyl (C=O) groups is 2. The van der Waals surface area contributed by atoms with Gasteiger partial charge in [0.2, 0.25) is 0 Å². The maximum atomic E-state index is 13.5. The maximum Gasteiger partial charge on any atom is 0.422 e. The number of nitrogens with zero attached hydrogens (tertiary/aromatic N) is 2. The molecule has 1 N–H and O–H groups in total. The van der Waals surface area contributed by atoms with Crippen molar-refractivity contribution in [2.75, 3.05) is 25.0 Å². The predicted molar refractivity (Wildman–Crippen MR) is 118 cm³/mol. The number of piperidine rings is 3. The Balaban J connectivity index is 0.00000259. The van der Waals surface area contributed by atoms with Gasteiger partial charge in [0.1, 0.15) is 18.7 Å². The lowest BCUT2D eigenvalue weighted by molar-refractivity contribution is -0.869. The summed E-state index contributed by atoms with van der Waals surface area (Å²) in [6.07, 6.45) is 2.84. The fraction of sp³-hybridized carbons (Fsp3) is 0.320. The van der Waals surface area contributed by atoms with Crippen LogP contribution in [0.25, 0.3) is 0 Å². The van der Waals surface area contributed by atoms with Gasteiger partial charge in [-0.3, -0.25) is 10.1 Å². The molecule has 8 heteroatoms. The van der Waals surface area contributed by atoms with Gasteiger partial charge >= 0.3 is 12.0 Å². The van der Waals surface area contributed by atoms with Crippen molar-refractivity contribution in [1.82, 2.24) is 5.16 Å². The summed E-state index contributed by atoms with van der Waals surface area (Å²) in [6.45, 7) is 1.96. The van der Waals surface area contributed by atoms with Crippen LogP contribution in [0.1, 0.15) is 29.9 Å². The van der Waals surface area contributed by atoms with E-state index in [-0.39, 0.29) is 45.5 Å². The van der Waals surface area contributed by atoms with E-state index < -0.39 is 5.92 Å². The van der Waals surface area contributed by atoms with E-state index in [0.717, 1.165) is 37.1 Å². The van der Waals surface area contributed by atoms with Crippen LogP contribution in [0.5, 0.6) is 0 Å². The molecule has 2 aromatic carbocycles. The first-order valence-electron chi connectivity index (χ1n) is 11.0. The highest BCUT2D eigenvalue weighted by Crippen LogP contribution is 2.37. The van der Waals surface area contributed by atoms with E-state index in [4.69, 9.17) is 9.26 Å². The fourth-order valence-electron chi connectivity index (χ4n) is 5.03. The third-order valence-electron chi connectivity index (χ3n) is 6.78. The van der Waals surface area contributed by atoms with Gasteiger partial charge in [-0.15, -0.1) is 0 Å². The average Bonchev–Trinajstić information content (AvgIpc) is 3.34. The SMILES string of the molecule is O=C(O[C@H]1C[N+]2(C(=O)Nc3ccon3)CCC1CC2)C(c1ccccc1)c1ccccc1.[Br-]. The van der Waals surface area contributed by atoms with Crippen molar-refractivity contribution in [1.29, 1.82) is 0 Å². The Hall–Kier alpha value is -2.97. The van der Waals surface area contributed by atoms with Gasteiger partial charge in [0, 0.05) is 24.8 Å². The number of urea groups is 1. The Morgan fingerprint density at radius 3 is 2.12 bits per heavy atom. The minimum absolute atomic E-state index is 0. The second-order valence-electron chi connectivity index (χ2n) is 8.66. The summed E-state index contributed by atoms with van der Waals surface area (Å²) in [4.78, 5) is 26.6. The molecule has 7 nitrogen and oxygen atoms in total. The van der Waals surface area contributed by atoms with Gasteiger partial charge in [0.15, 0.2) is 11.9 Å². The number of hydrogen-bond acceptors (Lipinski definition) is 5. The highest BCUT2D eigenvalue weighted by molar-refractivity contribution is 5.83. The lowest BCUT2D eigenvalue weighted by Gasteiger charge is -2.49. The fourth-order valence-corrected chi connectivity index (χ4v) is 5.03.